The number of hydrogen-bond donors (Lipinski definition) is 1. The van der Waals surface area contributed by atoms with Gasteiger partial charge in [0.2, 0.25) is 0 Å². The molecular formula is C17H17BrO2. The largest absolute Gasteiger partial charge is 0.387 e. The average Bonchev–Trinajstić information content (AvgIpc) is 2.46. The van der Waals surface area contributed by atoms with E-state index in [2.05, 4.69) is 15.9 Å². The van der Waals surface area contributed by atoms with E-state index in [0.717, 1.165) is 16.7 Å². The van der Waals surface area contributed by atoms with Crippen molar-refractivity contribution in [3.8, 4) is 0 Å². The summed E-state index contributed by atoms with van der Waals surface area (Å²) in [5.41, 5.74) is 3.56. The number of carbonyl (C=O) groups excluding carboxylic acids is 1. The zero-order valence-corrected chi connectivity index (χ0v) is 13.1. The molecule has 0 heterocycles. The maximum atomic E-state index is 12.3. The highest BCUT2D eigenvalue weighted by Crippen LogP contribution is 2.26. The van der Waals surface area contributed by atoms with Crippen LogP contribution in [0, 0.1) is 13.8 Å². The molecule has 2 atom stereocenters. The van der Waals surface area contributed by atoms with Crippen molar-refractivity contribution in [2.45, 2.75) is 24.8 Å². The van der Waals surface area contributed by atoms with Gasteiger partial charge in [0.25, 0.3) is 0 Å². The number of halogens is 1. The number of rotatable bonds is 4. The van der Waals surface area contributed by atoms with Gasteiger partial charge in [0.15, 0.2) is 5.78 Å². The molecule has 0 aliphatic heterocycles. The predicted octanol–water partition coefficient (Wildman–Crippen LogP) is 3.98. The third-order valence-corrected chi connectivity index (χ3v) is 4.20. The maximum absolute atomic E-state index is 12.3. The SMILES string of the molecule is Cc1ccc(C(=O)[C@@H](Br)[C@H](O)c2ccc(C)cc2)cc1. The van der Waals surface area contributed by atoms with Crippen LogP contribution in [0.25, 0.3) is 0 Å². The molecule has 0 aromatic heterocycles. The molecule has 0 bridgehead atoms. The Morgan fingerprint density at radius 1 is 0.950 bits per heavy atom. The molecule has 20 heavy (non-hydrogen) atoms. The van der Waals surface area contributed by atoms with Crippen LogP contribution in [-0.2, 0) is 0 Å². The van der Waals surface area contributed by atoms with Gasteiger partial charge in [-0.3, -0.25) is 4.79 Å². The minimum Gasteiger partial charge on any atom is -0.387 e. The molecule has 2 rings (SSSR count). The smallest absolute Gasteiger partial charge is 0.179 e. The first kappa shape index (κ1) is 14.9. The molecule has 104 valence electrons. The Bertz CT molecular complexity index is 587. The zero-order valence-electron chi connectivity index (χ0n) is 11.5. The van der Waals surface area contributed by atoms with Crippen LogP contribution in [0.15, 0.2) is 48.5 Å². The van der Waals surface area contributed by atoms with Crippen LogP contribution in [-0.4, -0.2) is 15.7 Å². The Morgan fingerprint density at radius 2 is 1.40 bits per heavy atom. The van der Waals surface area contributed by atoms with Crippen LogP contribution in [0.2, 0.25) is 0 Å². The van der Waals surface area contributed by atoms with Gasteiger partial charge in [0, 0.05) is 5.56 Å². The van der Waals surface area contributed by atoms with E-state index in [1.165, 1.54) is 0 Å². The number of alkyl halides is 1. The Morgan fingerprint density at radius 3 is 1.90 bits per heavy atom. The molecule has 0 radical (unpaired) electrons. The Balaban J connectivity index is 2.17. The summed E-state index contributed by atoms with van der Waals surface area (Å²) >= 11 is 3.32. The second-order valence-electron chi connectivity index (χ2n) is 4.99. The summed E-state index contributed by atoms with van der Waals surface area (Å²) in [7, 11) is 0. The van der Waals surface area contributed by atoms with Crippen molar-refractivity contribution < 1.29 is 9.90 Å². The molecule has 0 saturated carbocycles. The second-order valence-corrected chi connectivity index (χ2v) is 5.97. The molecule has 0 saturated heterocycles. The van der Waals surface area contributed by atoms with E-state index in [4.69, 9.17) is 0 Å². The summed E-state index contributed by atoms with van der Waals surface area (Å²) < 4.78 is 0. The highest BCUT2D eigenvalue weighted by Gasteiger charge is 2.26. The van der Waals surface area contributed by atoms with Gasteiger partial charge < -0.3 is 5.11 Å². The van der Waals surface area contributed by atoms with Crippen LogP contribution >= 0.6 is 15.9 Å². The van der Waals surface area contributed by atoms with Gasteiger partial charge in [-0.25, -0.2) is 0 Å². The summed E-state index contributed by atoms with van der Waals surface area (Å²) in [6.07, 6.45) is -0.857. The first-order valence-electron chi connectivity index (χ1n) is 6.48. The van der Waals surface area contributed by atoms with Crippen LogP contribution in [0.5, 0.6) is 0 Å². The van der Waals surface area contributed by atoms with Gasteiger partial charge >= 0.3 is 0 Å². The van der Waals surface area contributed by atoms with Crippen LogP contribution in [0.1, 0.15) is 33.2 Å². The van der Waals surface area contributed by atoms with E-state index in [1.54, 1.807) is 12.1 Å². The lowest BCUT2D eigenvalue weighted by Gasteiger charge is -2.17. The van der Waals surface area contributed by atoms with E-state index < -0.39 is 10.9 Å². The number of hydrogen-bond acceptors (Lipinski definition) is 2. The third-order valence-electron chi connectivity index (χ3n) is 3.28. The third kappa shape index (κ3) is 3.35. The topological polar surface area (TPSA) is 37.3 Å². The number of aliphatic hydroxyl groups is 1. The lowest BCUT2D eigenvalue weighted by Crippen LogP contribution is -2.22. The van der Waals surface area contributed by atoms with E-state index in [0.29, 0.717) is 5.56 Å². The summed E-state index contributed by atoms with van der Waals surface area (Å²) in [6, 6.07) is 14.9. The van der Waals surface area contributed by atoms with Crippen molar-refractivity contribution in [2.24, 2.45) is 0 Å². The van der Waals surface area contributed by atoms with E-state index in [1.807, 2.05) is 50.2 Å². The van der Waals surface area contributed by atoms with Crippen LogP contribution in [0.3, 0.4) is 0 Å². The monoisotopic (exact) mass is 332 g/mol. The molecular weight excluding hydrogens is 316 g/mol. The minimum atomic E-state index is -0.857. The molecule has 0 amide bonds. The predicted molar refractivity (Wildman–Crippen MR) is 84.4 cm³/mol. The molecule has 2 nitrogen and oxygen atoms in total. The van der Waals surface area contributed by atoms with E-state index in [9.17, 15) is 9.90 Å². The quantitative estimate of drug-likeness (QED) is 0.679. The van der Waals surface area contributed by atoms with Gasteiger partial charge in [-0.05, 0) is 19.4 Å². The molecule has 0 spiro atoms. The highest BCUT2D eigenvalue weighted by molar-refractivity contribution is 9.10. The Kier molecular flexibility index (Phi) is 4.73. The van der Waals surface area contributed by atoms with Crippen LogP contribution < -0.4 is 0 Å². The van der Waals surface area contributed by atoms with Crippen molar-refractivity contribution in [1.82, 2.24) is 0 Å². The molecule has 1 N–H and O–H groups in total. The summed E-state index contributed by atoms with van der Waals surface area (Å²) in [5, 5.41) is 10.3. The zero-order chi connectivity index (χ0) is 14.7. The fraction of sp³-hybridized carbons (Fsp3) is 0.235. The molecule has 2 aromatic rings. The number of aryl methyl sites for hydroxylation is 2. The fourth-order valence-electron chi connectivity index (χ4n) is 1.95. The number of aliphatic hydroxyl groups excluding tert-OH is 1. The van der Waals surface area contributed by atoms with Gasteiger partial charge in [-0.2, -0.15) is 0 Å². The fourth-order valence-corrected chi connectivity index (χ4v) is 2.52. The number of ketones is 1. The molecule has 3 heteroatoms. The molecule has 0 fully saturated rings. The lowest BCUT2D eigenvalue weighted by atomic mass is 9.99. The summed E-state index contributed by atoms with van der Waals surface area (Å²) in [4.78, 5) is 11.7. The summed E-state index contributed by atoms with van der Waals surface area (Å²) in [5.74, 6) is -0.113. The van der Waals surface area contributed by atoms with Gasteiger partial charge in [0.05, 0.1) is 6.10 Å². The Labute approximate surface area is 127 Å². The summed E-state index contributed by atoms with van der Waals surface area (Å²) in [6.45, 7) is 3.96. The van der Waals surface area contributed by atoms with E-state index >= 15 is 0 Å². The van der Waals surface area contributed by atoms with E-state index in [-0.39, 0.29) is 5.78 Å². The van der Waals surface area contributed by atoms with Gasteiger partial charge in [-0.15, -0.1) is 0 Å². The first-order chi connectivity index (χ1) is 9.49. The number of benzene rings is 2. The molecule has 0 aliphatic rings. The number of Topliss-reactive ketones (excluding diaryl/α,β-unsaturated/α-hetero) is 1. The lowest BCUT2D eigenvalue weighted by molar-refractivity contribution is 0.0903. The van der Waals surface area contributed by atoms with Crippen molar-refractivity contribution in [1.29, 1.82) is 0 Å². The maximum Gasteiger partial charge on any atom is 0.179 e. The molecule has 0 aliphatic carbocycles. The first-order valence-corrected chi connectivity index (χ1v) is 7.40. The highest BCUT2D eigenvalue weighted by atomic mass is 79.9. The van der Waals surface area contributed by atoms with Crippen molar-refractivity contribution >= 4 is 21.7 Å². The van der Waals surface area contributed by atoms with Crippen molar-refractivity contribution in [2.75, 3.05) is 0 Å². The second kappa shape index (κ2) is 6.33. The molecule has 0 unspecified atom stereocenters. The van der Waals surface area contributed by atoms with Crippen molar-refractivity contribution in [3.63, 3.8) is 0 Å². The molecule has 2 aromatic carbocycles. The minimum absolute atomic E-state index is 0.113. The number of carbonyl (C=O) groups is 1. The van der Waals surface area contributed by atoms with Crippen LogP contribution in [0.4, 0.5) is 0 Å². The Hall–Kier alpha value is -1.45. The average molecular weight is 333 g/mol. The standard InChI is InChI=1S/C17H17BrO2/c1-11-3-7-13(8-4-11)16(19)15(18)17(20)14-9-5-12(2)6-10-14/h3-10,15-16,19H,1-2H3/t15-,16+/m0/s1. The normalized spacial score (nSPS) is 13.8. The van der Waals surface area contributed by atoms with Crippen molar-refractivity contribution in [3.05, 3.63) is 70.8 Å². The van der Waals surface area contributed by atoms with Gasteiger partial charge in [0.1, 0.15) is 4.83 Å². The van der Waals surface area contributed by atoms with Gasteiger partial charge in [-0.1, -0.05) is 75.6 Å².